The van der Waals surface area contributed by atoms with Crippen molar-refractivity contribution in [2.24, 2.45) is 0 Å². The molecule has 0 spiro atoms. The zero-order valence-electron chi connectivity index (χ0n) is 10.6. The maximum atomic E-state index is 9.55. The van der Waals surface area contributed by atoms with Crippen LogP contribution in [0.5, 0.6) is 0 Å². The normalized spacial score (nSPS) is 8.70. The fraction of sp³-hybridized carbons (Fsp3) is 0.364. The molecule has 20 heavy (non-hydrogen) atoms. The Kier molecular flexibility index (Phi) is 21.9. The van der Waals surface area contributed by atoms with Crippen molar-refractivity contribution in [2.75, 3.05) is 26.4 Å². The number of carboxylic acid groups (broad SMARTS) is 3. The van der Waals surface area contributed by atoms with Gasteiger partial charge in [0, 0.05) is 18.2 Å². The first kappa shape index (κ1) is 22.9. The SMILES string of the molecule is C=CC(=O)O.O=C(O)/C=C\C(=O)O.OCCOCCO. The van der Waals surface area contributed by atoms with Crippen molar-refractivity contribution in [3.63, 3.8) is 0 Å². The molecule has 0 heterocycles. The Morgan fingerprint density at radius 2 is 1.15 bits per heavy atom. The molecular formula is C11H18O9. The number of carboxylic acids is 3. The molecule has 0 unspecified atom stereocenters. The first-order valence-electron chi connectivity index (χ1n) is 5.10. The van der Waals surface area contributed by atoms with Crippen molar-refractivity contribution in [1.82, 2.24) is 0 Å². The first-order valence-corrected chi connectivity index (χ1v) is 5.10. The van der Waals surface area contributed by atoms with Crippen molar-refractivity contribution in [3.05, 3.63) is 24.8 Å². The van der Waals surface area contributed by atoms with Crippen LogP contribution in [0.4, 0.5) is 0 Å². The highest BCUT2D eigenvalue weighted by Crippen LogP contribution is 1.70. The van der Waals surface area contributed by atoms with Crippen molar-refractivity contribution < 1.29 is 44.7 Å². The summed E-state index contributed by atoms with van der Waals surface area (Å²) in [5.41, 5.74) is 0. The molecule has 0 aliphatic rings. The van der Waals surface area contributed by atoms with Gasteiger partial charge in [0.1, 0.15) is 0 Å². The van der Waals surface area contributed by atoms with Crippen LogP contribution in [0, 0.1) is 0 Å². The molecule has 9 heteroatoms. The Hall–Kier alpha value is -2.23. The third kappa shape index (κ3) is 44.7. The van der Waals surface area contributed by atoms with E-state index < -0.39 is 17.9 Å². The molecule has 0 saturated heterocycles. The van der Waals surface area contributed by atoms with Crippen LogP contribution in [0.15, 0.2) is 24.8 Å². The van der Waals surface area contributed by atoms with Crippen LogP contribution >= 0.6 is 0 Å². The number of aliphatic hydroxyl groups excluding tert-OH is 2. The highest BCUT2D eigenvalue weighted by atomic mass is 16.5. The lowest BCUT2D eigenvalue weighted by molar-refractivity contribution is -0.134. The second kappa shape index (κ2) is 19.1. The molecule has 0 radical (unpaired) electrons. The van der Waals surface area contributed by atoms with Gasteiger partial charge in [-0.1, -0.05) is 6.58 Å². The number of hydrogen-bond acceptors (Lipinski definition) is 6. The highest BCUT2D eigenvalue weighted by Gasteiger charge is 1.88. The molecule has 0 aromatic heterocycles. The summed E-state index contributed by atoms with van der Waals surface area (Å²) >= 11 is 0. The van der Waals surface area contributed by atoms with E-state index >= 15 is 0 Å². The zero-order chi connectivity index (χ0) is 16.4. The van der Waals surface area contributed by atoms with E-state index in [9.17, 15) is 14.4 Å². The lowest BCUT2D eigenvalue weighted by Crippen LogP contribution is -2.03. The maximum Gasteiger partial charge on any atom is 0.328 e. The molecule has 0 aliphatic heterocycles. The first-order chi connectivity index (χ1) is 9.31. The molecule has 0 rings (SSSR count). The van der Waals surface area contributed by atoms with E-state index in [1.165, 1.54) is 0 Å². The average Bonchev–Trinajstić information content (AvgIpc) is 2.38. The van der Waals surface area contributed by atoms with E-state index in [0.717, 1.165) is 6.08 Å². The van der Waals surface area contributed by atoms with Gasteiger partial charge in [0.15, 0.2) is 0 Å². The van der Waals surface area contributed by atoms with Gasteiger partial charge >= 0.3 is 17.9 Å². The number of aliphatic hydroxyl groups is 2. The summed E-state index contributed by atoms with van der Waals surface area (Å²) in [6.07, 6.45) is 1.95. The summed E-state index contributed by atoms with van der Waals surface area (Å²) in [5.74, 6) is -3.50. The predicted molar refractivity (Wildman–Crippen MR) is 67.2 cm³/mol. The Balaban J connectivity index is -0.000000223. The summed E-state index contributed by atoms with van der Waals surface area (Å²) in [6, 6.07) is 0. The van der Waals surface area contributed by atoms with Crippen molar-refractivity contribution in [2.45, 2.75) is 0 Å². The third-order valence-corrected chi connectivity index (χ3v) is 1.01. The monoisotopic (exact) mass is 294 g/mol. The standard InChI is InChI=1S/C4H4O4.C4H10O3.C3H4O2/c5-3(6)1-2-4(7)8;5-1-3-7-4-2-6;1-2-3(4)5/h1-2H,(H,5,6)(H,7,8);5-6H,1-4H2;2H,1H2,(H,4,5)/b2-1-;;. The Bertz CT molecular complexity index is 289. The number of carbonyl (C=O) groups is 3. The molecule has 0 fully saturated rings. The van der Waals surface area contributed by atoms with E-state index in [0.29, 0.717) is 25.4 Å². The fourth-order valence-electron chi connectivity index (χ4n) is 0.374. The van der Waals surface area contributed by atoms with Crippen LogP contribution in [0.3, 0.4) is 0 Å². The van der Waals surface area contributed by atoms with Crippen LogP contribution in [0.1, 0.15) is 0 Å². The molecular weight excluding hydrogens is 276 g/mol. The van der Waals surface area contributed by atoms with Gasteiger partial charge in [0.05, 0.1) is 26.4 Å². The van der Waals surface area contributed by atoms with Crippen LogP contribution in [0.25, 0.3) is 0 Å². The average molecular weight is 294 g/mol. The van der Waals surface area contributed by atoms with Crippen molar-refractivity contribution in [1.29, 1.82) is 0 Å². The van der Waals surface area contributed by atoms with Gasteiger partial charge in [-0.2, -0.15) is 0 Å². The van der Waals surface area contributed by atoms with E-state index in [4.69, 9.17) is 25.5 Å². The molecule has 0 atom stereocenters. The summed E-state index contributed by atoms with van der Waals surface area (Å²) in [6.45, 7) is 3.66. The molecule has 0 amide bonds. The zero-order valence-corrected chi connectivity index (χ0v) is 10.6. The summed E-state index contributed by atoms with van der Waals surface area (Å²) in [7, 11) is 0. The van der Waals surface area contributed by atoms with E-state index in [2.05, 4.69) is 11.3 Å². The largest absolute Gasteiger partial charge is 0.478 e. The van der Waals surface area contributed by atoms with Gasteiger partial charge in [0.25, 0.3) is 0 Å². The van der Waals surface area contributed by atoms with Gasteiger partial charge in [-0.15, -0.1) is 0 Å². The number of ether oxygens (including phenoxy) is 1. The molecule has 0 aromatic rings. The van der Waals surface area contributed by atoms with Crippen LogP contribution in [-0.2, 0) is 19.1 Å². The minimum atomic E-state index is -1.26. The number of hydrogen-bond donors (Lipinski definition) is 5. The van der Waals surface area contributed by atoms with Crippen molar-refractivity contribution >= 4 is 17.9 Å². The van der Waals surface area contributed by atoms with Gasteiger partial charge in [0.2, 0.25) is 0 Å². The lowest BCUT2D eigenvalue weighted by Gasteiger charge is -1.94. The minimum absolute atomic E-state index is 0.0278. The van der Waals surface area contributed by atoms with Gasteiger partial charge < -0.3 is 30.3 Å². The molecule has 0 saturated carbocycles. The summed E-state index contributed by atoms with van der Waals surface area (Å²) in [5, 5.41) is 39.4. The second-order valence-corrected chi connectivity index (χ2v) is 2.61. The number of rotatable bonds is 7. The van der Waals surface area contributed by atoms with E-state index in [-0.39, 0.29) is 13.2 Å². The minimum Gasteiger partial charge on any atom is -0.478 e. The Morgan fingerprint density at radius 1 is 0.850 bits per heavy atom. The molecule has 0 aliphatic carbocycles. The van der Waals surface area contributed by atoms with Crippen LogP contribution in [-0.4, -0.2) is 69.9 Å². The fourth-order valence-corrected chi connectivity index (χ4v) is 0.374. The quantitative estimate of drug-likeness (QED) is 0.291. The van der Waals surface area contributed by atoms with Gasteiger partial charge in [-0.25, -0.2) is 14.4 Å². The lowest BCUT2D eigenvalue weighted by atomic mass is 10.5. The van der Waals surface area contributed by atoms with E-state index in [1.807, 2.05) is 0 Å². The predicted octanol–water partition coefficient (Wildman–Crippen LogP) is -1.04. The molecule has 9 nitrogen and oxygen atoms in total. The van der Waals surface area contributed by atoms with Crippen molar-refractivity contribution in [3.8, 4) is 0 Å². The molecule has 0 aromatic carbocycles. The smallest absolute Gasteiger partial charge is 0.328 e. The van der Waals surface area contributed by atoms with Gasteiger partial charge in [-0.05, 0) is 0 Å². The third-order valence-electron chi connectivity index (χ3n) is 1.01. The summed E-state index contributed by atoms with van der Waals surface area (Å²) in [4.78, 5) is 28.4. The molecule has 0 bridgehead atoms. The Morgan fingerprint density at radius 3 is 1.30 bits per heavy atom. The Labute approximate surface area is 115 Å². The van der Waals surface area contributed by atoms with Gasteiger partial charge in [-0.3, -0.25) is 0 Å². The number of aliphatic carboxylic acids is 3. The maximum absolute atomic E-state index is 9.55. The van der Waals surface area contributed by atoms with Crippen LogP contribution < -0.4 is 0 Å². The molecule has 5 N–H and O–H groups in total. The molecule has 116 valence electrons. The summed E-state index contributed by atoms with van der Waals surface area (Å²) < 4.78 is 4.63. The van der Waals surface area contributed by atoms with Crippen LogP contribution in [0.2, 0.25) is 0 Å². The second-order valence-electron chi connectivity index (χ2n) is 2.61. The topological polar surface area (TPSA) is 162 Å². The van der Waals surface area contributed by atoms with E-state index in [1.54, 1.807) is 0 Å². The highest BCUT2D eigenvalue weighted by molar-refractivity contribution is 5.89.